The summed E-state index contributed by atoms with van der Waals surface area (Å²) in [5, 5.41) is 0.825. The number of sulfone groups is 1. The maximum absolute atomic E-state index is 12.7. The summed E-state index contributed by atoms with van der Waals surface area (Å²) in [5.41, 5.74) is 2.65. The average Bonchev–Trinajstić information content (AvgIpc) is 3.06. The van der Waals surface area contributed by atoms with Crippen LogP contribution >= 0.6 is 39.3 Å². The fourth-order valence-corrected chi connectivity index (χ4v) is 8.35. The van der Waals surface area contributed by atoms with Crippen LogP contribution in [0.2, 0.25) is 5.02 Å². The third-order valence-corrected chi connectivity index (χ3v) is 8.90. The largest absolute Gasteiger partial charge is 0.314 e. The van der Waals surface area contributed by atoms with E-state index in [0.29, 0.717) is 15.9 Å². The number of aryl methyl sites for hydroxylation is 1. The zero-order valence-electron chi connectivity index (χ0n) is 15.5. The normalized spacial score (nSPS) is 24.1. The van der Waals surface area contributed by atoms with Crippen LogP contribution in [-0.2, 0) is 21.1 Å². The van der Waals surface area contributed by atoms with Crippen LogP contribution in [0.3, 0.4) is 0 Å². The van der Waals surface area contributed by atoms with Crippen LogP contribution in [0.25, 0.3) is 0 Å². The first-order valence-corrected chi connectivity index (χ1v) is 12.9. The molecule has 2 saturated heterocycles. The summed E-state index contributed by atoms with van der Waals surface area (Å²) in [6, 6.07) is 12.9. The van der Waals surface area contributed by atoms with Gasteiger partial charge >= 0.3 is 0 Å². The first-order chi connectivity index (χ1) is 13.7. The summed E-state index contributed by atoms with van der Waals surface area (Å²) < 4.78 is 25.2. The lowest BCUT2D eigenvalue weighted by Crippen LogP contribution is -2.38. The Balaban J connectivity index is 1.67. The smallest absolute Gasteiger partial charge is 0.252 e. The number of carbonyl (C=O) groups is 1. The molecule has 2 aromatic carbocycles. The summed E-state index contributed by atoms with van der Waals surface area (Å²) in [7, 11) is -3.13. The molecule has 152 valence electrons. The van der Waals surface area contributed by atoms with Crippen molar-refractivity contribution in [1.29, 1.82) is 0 Å². The van der Waals surface area contributed by atoms with E-state index >= 15 is 0 Å². The number of anilines is 1. The van der Waals surface area contributed by atoms with Gasteiger partial charge in [0.25, 0.3) is 5.91 Å². The van der Waals surface area contributed by atoms with Crippen LogP contribution in [-0.4, -0.2) is 42.3 Å². The summed E-state index contributed by atoms with van der Waals surface area (Å²) in [5.74, 6) is -0.153. The van der Waals surface area contributed by atoms with Crippen molar-refractivity contribution in [3.05, 3.63) is 63.1 Å². The first kappa shape index (κ1) is 20.9. The van der Waals surface area contributed by atoms with E-state index in [1.807, 2.05) is 48.2 Å². The van der Waals surface area contributed by atoms with E-state index in [4.69, 9.17) is 11.6 Å². The quantitative estimate of drug-likeness (QED) is 0.614. The van der Waals surface area contributed by atoms with Crippen molar-refractivity contribution >= 4 is 65.9 Å². The number of hydrogen-bond acceptors (Lipinski definition) is 4. The van der Waals surface area contributed by atoms with Crippen molar-refractivity contribution in [2.24, 2.45) is 4.99 Å². The number of nitrogens with zero attached hydrogens (tertiary/aromatic N) is 2. The van der Waals surface area contributed by atoms with E-state index < -0.39 is 9.84 Å². The molecule has 2 unspecified atom stereocenters. The molecule has 1 amide bonds. The molecule has 0 N–H and O–H groups in total. The molecule has 0 bridgehead atoms. The van der Waals surface area contributed by atoms with Gasteiger partial charge in [-0.25, -0.2) is 8.42 Å². The number of amidine groups is 1. The predicted octanol–water partition coefficient (Wildman–Crippen LogP) is 4.26. The van der Waals surface area contributed by atoms with Gasteiger partial charge in [0.2, 0.25) is 0 Å². The standard InChI is InChI=1S/C20H18BrClN2O3S2/c1-12-3-2-4-13(7-12)8-19(25)23-20-24(16-6-5-14(21)9-15(16)22)17-10-29(26,27)11-18(17)28-20/h2-7,9,17-18H,8,10-11H2,1H3. The van der Waals surface area contributed by atoms with E-state index in [-0.39, 0.29) is 35.1 Å². The molecule has 0 aliphatic carbocycles. The van der Waals surface area contributed by atoms with Crippen LogP contribution in [0.1, 0.15) is 11.1 Å². The van der Waals surface area contributed by atoms with Crippen LogP contribution in [0.5, 0.6) is 0 Å². The molecule has 0 spiro atoms. The second-order valence-corrected chi connectivity index (χ2v) is 11.9. The lowest BCUT2D eigenvalue weighted by atomic mass is 10.1. The van der Waals surface area contributed by atoms with Gasteiger partial charge in [-0.15, -0.1) is 0 Å². The van der Waals surface area contributed by atoms with Crippen LogP contribution < -0.4 is 4.90 Å². The highest BCUT2D eigenvalue weighted by Gasteiger charge is 2.49. The van der Waals surface area contributed by atoms with Crippen LogP contribution in [0, 0.1) is 6.92 Å². The SMILES string of the molecule is Cc1cccc(CC(=O)N=C2SC3CS(=O)(=O)CC3N2c2ccc(Br)cc2Cl)c1. The van der Waals surface area contributed by atoms with Gasteiger partial charge < -0.3 is 4.90 Å². The van der Waals surface area contributed by atoms with E-state index in [1.165, 1.54) is 11.8 Å². The van der Waals surface area contributed by atoms with Crippen LogP contribution in [0.4, 0.5) is 5.69 Å². The molecule has 0 saturated carbocycles. The van der Waals surface area contributed by atoms with Crippen molar-refractivity contribution in [1.82, 2.24) is 0 Å². The number of carbonyl (C=O) groups excluding carboxylic acids is 1. The summed E-state index contributed by atoms with van der Waals surface area (Å²) in [6.07, 6.45) is 0.196. The van der Waals surface area contributed by atoms with Gasteiger partial charge in [-0.2, -0.15) is 4.99 Å². The minimum absolute atomic E-state index is 0.0299. The fraction of sp³-hybridized carbons (Fsp3) is 0.300. The number of amides is 1. The topological polar surface area (TPSA) is 66.8 Å². The Morgan fingerprint density at radius 2 is 2.07 bits per heavy atom. The number of aliphatic imine (C=N–C) groups is 1. The molecular formula is C20H18BrClN2O3S2. The lowest BCUT2D eigenvalue weighted by Gasteiger charge is -2.25. The fourth-order valence-electron chi connectivity index (χ4n) is 3.67. The van der Waals surface area contributed by atoms with E-state index in [9.17, 15) is 13.2 Å². The molecule has 2 atom stereocenters. The third-order valence-electron chi connectivity index (χ3n) is 4.89. The molecule has 2 aliphatic heterocycles. The van der Waals surface area contributed by atoms with Crippen molar-refractivity contribution in [2.45, 2.75) is 24.6 Å². The number of hydrogen-bond donors (Lipinski definition) is 0. The minimum atomic E-state index is -3.13. The van der Waals surface area contributed by atoms with E-state index in [1.54, 1.807) is 6.07 Å². The number of halogens is 2. The number of thioether (sulfide) groups is 1. The van der Waals surface area contributed by atoms with Gasteiger partial charge in [-0.1, -0.05) is 69.1 Å². The molecule has 5 nitrogen and oxygen atoms in total. The van der Waals surface area contributed by atoms with Gasteiger partial charge in [0.1, 0.15) is 0 Å². The third kappa shape index (κ3) is 4.55. The average molecular weight is 514 g/mol. The second-order valence-electron chi connectivity index (χ2n) is 7.22. The second kappa shape index (κ2) is 8.06. The molecule has 0 aromatic heterocycles. The van der Waals surface area contributed by atoms with Gasteiger partial charge in [0, 0.05) is 9.72 Å². The Bertz CT molecular complexity index is 1120. The Hall–Kier alpha value is -1.35. The summed E-state index contributed by atoms with van der Waals surface area (Å²) in [4.78, 5) is 18.8. The molecule has 0 radical (unpaired) electrons. The van der Waals surface area contributed by atoms with Crippen LogP contribution in [0.15, 0.2) is 51.9 Å². The van der Waals surface area contributed by atoms with E-state index in [2.05, 4.69) is 20.9 Å². The highest BCUT2D eigenvalue weighted by Crippen LogP contribution is 2.43. The zero-order valence-corrected chi connectivity index (χ0v) is 19.5. The first-order valence-electron chi connectivity index (χ1n) is 9.00. The van der Waals surface area contributed by atoms with Gasteiger partial charge in [0.05, 0.1) is 34.7 Å². The van der Waals surface area contributed by atoms with Gasteiger partial charge in [0.15, 0.2) is 15.0 Å². The monoisotopic (exact) mass is 512 g/mol. The number of benzene rings is 2. The van der Waals surface area contributed by atoms with Gasteiger partial charge in [-0.05, 0) is 30.7 Å². The number of fused-ring (bicyclic) bond motifs is 1. The summed E-state index contributed by atoms with van der Waals surface area (Å²) in [6.45, 7) is 1.98. The Kier molecular flexibility index (Phi) is 5.81. The van der Waals surface area contributed by atoms with Crippen molar-refractivity contribution in [3.8, 4) is 0 Å². The Labute approximate surface area is 187 Å². The number of rotatable bonds is 3. The molecule has 2 heterocycles. The molecule has 2 aliphatic rings. The van der Waals surface area contributed by atoms with Crippen molar-refractivity contribution < 1.29 is 13.2 Å². The van der Waals surface area contributed by atoms with Crippen molar-refractivity contribution in [2.75, 3.05) is 16.4 Å². The lowest BCUT2D eigenvalue weighted by molar-refractivity contribution is -0.117. The Morgan fingerprint density at radius 1 is 1.28 bits per heavy atom. The maximum Gasteiger partial charge on any atom is 0.252 e. The molecule has 2 fully saturated rings. The molecule has 4 rings (SSSR count). The highest BCUT2D eigenvalue weighted by atomic mass is 79.9. The Morgan fingerprint density at radius 3 is 2.79 bits per heavy atom. The minimum Gasteiger partial charge on any atom is -0.314 e. The molecule has 29 heavy (non-hydrogen) atoms. The highest BCUT2D eigenvalue weighted by molar-refractivity contribution is 9.10. The van der Waals surface area contributed by atoms with Gasteiger partial charge in [-0.3, -0.25) is 4.79 Å². The van der Waals surface area contributed by atoms with E-state index in [0.717, 1.165) is 15.6 Å². The molecular weight excluding hydrogens is 496 g/mol. The zero-order chi connectivity index (χ0) is 20.8. The predicted molar refractivity (Wildman–Crippen MR) is 123 cm³/mol. The summed E-state index contributed by atoms with van der Waals surface area (Å²) >= 11 is 11.2. The molecule has 2 aromatic rings. The van der Waals surface area contributed by atoms with Crippen molar-refractivity contribution in [3.63, 3.8) is 0 Å². The maximum atomic E-state index is 12.7. The molecule has 9 heteroatoms.